The second-order valence-electron chi connectivity index (χ2n) is 22.5. The lowest BCUT2D eigenvalue weighted by atomic mass is 9.86. The number of carboxylic acids is 3. The van der Waals surface area contributed by atoms with Gasteiger partial charge in [-0.3, -0.25) is 24.0 Å². The molecule has 42 nitrogen and oxygen atoms in total. The van der Waals surface area contributed by atoms with Crippen LogP contribution in [0.2, 0.25) is 0 Å². The molecule has 5 aliphatic heterocycles. The van der Waals surface area contributed by atoms with Gasteiger partial charge in [0, 0.05) is 47.0 Å². The Morgan fingerprint density at radius 2 is 0.914 bits per heavy atom. The minimum absolute atomic E-state index is 0.224. The minimum atomic E-state index is -3.58. The van der Waals surface area contributed by atoms with E-state index in [4.69, 9.17) is 52.1 Å². The predicted molar refractivity (Wildman–Crippen MR) is 286 cm³/mol. The molecule has 0 aliphatic carbocycles. The standard InChI is InChI=1S/C51H82N4O38/c1-16(63)53-29-21(67)5-49(46(77)78,90-40(29)32(70)24(9-57)84-19(4)66)88-26(11-59)34(72)41-30(54-17(2)64)22(68)6-50(91-41,47(79)80)89-27(12-60)35(73)42-31(55-18(3)65)23(69)7-51(92-42,48(81)82)93-43-33(71)25(10-58)85-45(38(43)76)87-39-28(13-61)86-44(37(75)36(39)74)83-14-20(8-56)52-15-62/h15,20-45,56-61,67-76H,5-14H2,1-4H3,(H,52,62)(H,53,63)(H,54,64)(H,55,65)(H,77,78)(H,79,80)(H,81,82)/t20-,21+,22+,23+,24-,25-,26-,27-,28-,29-,30-,31-,32-,33+,34-,35-,36-,37-,38-,39-,40-,41-,42-,43+,44-,45+,49-,50-,51+/m1/s1. The number of hydrogen-bond donors (Lipinski definition) is 23. The van der Waals surface area contributed by atoms with Crippen molar-refractivity contribution in [3.8, 4) is 0 Å². The van der Waals surface area contributed by atoms with Crippen molar-refractivity contribution in [3.05, 3.63) is 0 Å². The SMILES string of the molecule is CC(=O)N[C@H]1[C@H]([C@H](O)[C@@H](CO)OC(C)=O)O[C@@](O[C@H](CO)[C@@H](O)[C@@H]2O[C@@](O[C@H](CO)[C@@H](O)[C@@H]3O[C@@](O[C@H]4[C@@H](O)[C@@H](CO)O[C@@H](O[C@H]5[C@H](O)[C@@H](O)[C@H](OC[C@@H](CO)NC=O)O[C@@H]5CO)[C@@H]4O)(C(=O)O)C[C@H](O)[C@H]3NC(C)=O)(C(=O)O)C[C@H](O)[C@H]2NC(C)=O)(C(=O)O)C[C@@H]1O. The molecule has 0 aromatic heterocycles. The quantitative estimate of drug-likeness (QED) is 0.0220. The Morgan fingerprint density at radius 1 is 0.516 bits per heavy atom. The number of ether oxygens (including phenoxy) is 11. The van der Waals surface area contributed by atoms with Gasteiger partial charge in [-0.2, -0.15) is 0 Å². The summed E-state index contributed by atoms with van der Waals surface area (Å²) >= 11 is 0. The molecule has 0 radical (unpaired) electrons. The van der Waals surface area contributed by atoms with Crippen LogP contribution in [0.3, 0.4) is 0 Å². The number of aliphatic carboxylic acids is 3. The predicted octanol–water partition coefficient (Wildman–Crippen LogP) is -14.2. The first-order valence-corrected chi connectivity index (χ1v) is 28.6. The summed E-state index contributed by atoms with van der Waals surface area (Å²) in [5.41, 5.74) is 0. The molecule has 0 bridgehead atoms. The third kappa shape index (κ3) is 18.0. The van der Waals surface area contributed by atoms with Crippen LogP contribution >= 0.6 is 0 Å². The number of esters is 1. The molecular formula is C51H82N4O38. The lowest BCUT2D eigenvalue weighted by molar-refractivity contribution is -0.388. The van der Waals surface area contributed by atoms with Crippen molar-refractivity contribution in [2.45, 2.75) is 223 Å². The van der Waals surface area contributed by atoms with Crippen molar-refractivity contribution in [2.24, 2.45) is 0 Å². The number of carbonyl (C=O) groups excluding carboxylic acids is 5. The van der Waals surface area contributed by atoms with E-state index in [2.05, 4.69) is 21.3 Å². The second kappa shape index (κ2) is 33.6. The summed E-state index contributed by atoms with van der Waals surface area (Å²) in [5.74, 6) is -21.4. The van der Waals surface area contributed by atoms with E-state index in [1.807, 2.05) is 0 Å². The van der Waals surface area contributed by atoms with E-state index in [-0.39, 0.29) is 6.41 Å². The van der Waals surface area contributed by atoms with Crippen LogP contribution in [0, 0.1) is 0 Å². The lowest BCUT2D eigenvalue weighted by Gasteiger charge is -2.51. The van der Waals surface area contributed by atoms with Gasteiger partial charge < -0.3 is 170 Å². The number of aliphatic hydroxyl groups is 16. The van der Waals surface area contributed by atoms with Gasteiger partial charge in [-0.25, -0.2) is 14.4 Å². The van der Waals surface area contributed by atoms with Crippen LogP contribution < -0.4 is 21.3 Å². The zero-order chi connectivity index (χ0) is 69.9. The molecule has 0 aromatic rings. The zero-order valence-electron chi connectivity index (χ0n) is 49.9. The van der Waals surface area contributed by atoms with Crippen molar-refractivity contribution in [1.82, 2.24) is 21.3 Å². The van der Waals surface area contributed by atoms with Crippen LogP contribution in [-0.2, 0) is 90.5 Å². The third-order valence-electron chi connectivity index (χ3n) is 15.7. The highest BCUT2D eigenvalue weighted by Gasteiger charge is 2.64. The van der Waals surface area contributed by atoms with E-state index in [0.29, 0.717) is 0 Å². The second-order valence-corrected chi connectivity index (χ2v) is 22.5. The van der Waals surface area contributed by atoms with Crippen molar-refractivity contribution in [2.75, 3.05) is 46.2 Å². The Hall–Kier alpha value is -5.28. The average molecular weight is 1360 g/mol. The summed E-state index contributed by atoms with van der Waals surface area (Å²) in [7, 11) is 0. The number of hydrogen-bond acceptors (Lipinski definition) is 35. The molecule has 23 N–H and O–H groups in total. The van der Waals surface area contributed by atoms with Gasteiger partial charge in [0.25, 0.3) is 17.4 Å². The van der Waals surface area contributed by atoms with Gasteiger partial charge in [0.2, 0.25) is 24.1 Å². The van der Waals surface area contributed by atoms with Crippen LogP contribution in [0.5, 0.6) is 0 Å². The molecule has 0 saturated carbocycles. The molecule has 93 heavy (non-hydrogen) atoms. The van der Waals surface area contributed by atoms with E-state index in [9.17, 15) is 135 Å². The highest BCUT2D eigenvalue weighted by atomic mass is 16.8. The maximum absolute atomic E-state index is 13.6. The summed E-state index contributed by atoms with van der Waals surface area (Å²) in [4.78, 5) is 101. The van der Waals surface area contributed by atoms with Gasteiger partial charge in [-0.05, 0) is 0 Å². The molecular weight excluding hydrogens is 1280 g/mol. The van der Waals surface area contributed by atoms with E-state index in [0.717, 1.165) is 27.7 Å². The first kappa shape index (κ1) is 78.4. The van der Waals surface area contributed by atoms with Gasteiger partial charge in [-0.1, -0.05) is 0 Å². The van der Waals surface area contributed by atoms with Crippen molar-refractivity contribution in [1.29, 1.82) is 0 Å². The van der Waals surface area contributed by atoms with Gasteiger partial charge in [0.15, 0.2) is 18.7 Å². The van der Waals surface area contributed by atoms with Crippen LogP contribution in [0.4, 0.5) is 0 Å². The largest absolute Gasteiger partial charge is 0.477 e. The fourth-order valence-electron chi connectivity index (χ4n) is 11.2. The molecule has 42 heteroatoms. The molecule has 29 atom stereocenters. The molecule has 534 valence electrons. The molecule has 0 aromatic carbocycles. The van der Waals surface area contributed by atoms with Crippen LogP contribution in [-0.4, -0.2) is 367 Å². The molecule has 5 saturated heterocycles. The van der Waals surface area contributed by atoms with Gasteiger partial charge >= 0.3 is 23.9 Å². The lowest BCUT2D eigenvalue weighted by Crippen LogP contribution is -2.72. The molecule has 4 amide bonds. The van der Waals surface area contributed by atoms with E-state index in [1.165, 1.54) is 0 Å². The number of rotatable bonds is 32. The van der Waals surface area contributed by atoms with Gasteiger partial charge in [0.05, 0.1) is 88.7 Å². The molecule has 0 spiro atoms. The topological polar surface area (TPSA) is 671 Å². The molecule has 5 heterocycles. The smallest absolute Gasteiger partial charge is 0.364 e. The van der Waals surface area contributed by atoms with Crippen LogP contribution in [0.15, 0.2) is 0 Å². The highest BCUT2D eigenvalue weighted by Crippen LogP contribution is 2.42. The number of carbonyl (C=O) groups is 8. The van der Waals surface area contributed by atoms with E-state index in [1.54, 1.807) is 0 Å². The van der Waals surface area contributed by atoms with Crippen molar-refractivity contribution >= 4 is 48.0 Å². The Kier molecular flexibility index (Phi) is 28.3. The Morgan fingerprint density at radius 3 is 1.28 bits per heavy atom. The maximum atomic E-state index is 13.6. The molecule has 5 fully saturated rings. The number of aliphatic hydroxyl groups excluding tert-OH is 16. The Labute approximate surface area is 525 Å². The van der Waals surface area contributed by atoms with Gasteiger partial charge in [0.1, 0.15) is 97.7 Å². The summed E-state index contributed by atoms with van der Waals surface area (Å²) in [6.45, 7) is -4.34. The summed E-state index contributed by atoms with van der Waals surface area (Å²) in [6, 6.07) is -6.97. The molecule has 5 rings (SSSR count). The highest BCUT2D eigenvalue weighted by molar-refractivity contribution is 5.78. The van der Waals surface area contributed by atoms with E-state index >= 15 is 0 Å². The Balaban J connectivity index is 1.50. The number of carboxylic acid groups (broad SMARTS) is 3. The van der Waals surface area contributed by atoms with Crippen LogP contribution in [0.25, 0.3) is 0 Å². The summed E-state index contributed by atoms with van der Waals surface area (Å²) < 4.78 is 61.4. The average Bonchev–Trinajstić information content (AvgIpc) is 0.762. The molecule has 5 aliphatic rings. The van der Waals surface area contributed by atoms with Crippen molar-refractivity contribution in [3.63, 3.8) is 0 Å². The fourth-order valence-corrected chi connectivity index (χ4v) is 11.2. The minimum Gasteiger partial charge on any atom is -0.477 e. The summed E-state index contributed by atoms with van der Waals surface area (Å²) in [5, 5.41) is 218. The number of nitrogens with one attached hydrogen (secondary N) is 4. The molecule has 0 unspecified atom stereocenters. The first-order valence-electron chi connectivity index (χ1n) is 28.6. The van der Waals surface area contributed by atoms with Crippen molar-refractivity contribution < 1.29 is 187 Å². The van der Waals surface area contributed by atoms with Gasteiger partial charge in [-0.15, -0.1) is 0 Å². The zero-order valence-corrected chi connectivity index (χ0v) is 49.9. The monoisotopic (exact) mass is 1360 g/mol. The Bertz CT molecular complexity index is 2530. The fraction of sp³-hybridized carbons (Fsp3) is 0.843. The summed E-state index contributed by atoms with van der Waals surface area (Å²) in [6.07, 6.45) is -54.2. The normalized spacial score (nSPS) is 38.7. The first-order chi connectivity index (χ1) is 43.6. The van der Waals surface area contributed by atoms with Crippen LogP contribution in [0.1, 0.15) is 47.0 Å². The maximum Gasteiger partial charge on any atom is 0.364 e. The third-order valence-corrected chi connectivity index (χ3v) is 15.7. The number of amides is 4. The van der Waals surface area contributed by atoms with E-state index < -0.39 is 283 Å².